The van der Waals surface area contributed by atoms with E-state index in [-0.39, 0.29) is 12.5 Å². The molecule has 1 heterocycles. The van der Waals surface area contributed by atoms with E-state index < -0.39 is 29.2 Å². The number of H-pyrrole nitrogens is 1. The molecule has 1 rings (SSSR count). The van der Waals surface area contributed by atoms with Gasteiger partial charge in [0.2, 0.25) is 5.91 Å². The summed E-state index contributed by atoms with van der Waals surface area (Å²) in [4.78, 5) is 46.7. The third-order valence-electron chi connectivity index (χ3n) is 2.46. The van der Waals surface area contributed by atoms with Gasteiger partial charge in [-0.3, -0.25) is 19.1 Å². The molecule has 0 aromatic carbocycles. The molecular formula is C11H15N3O5. The van der Waals surface area contributed by atoms with E-state index in [2.05, 4.69) is 5.32 Å². The molecule has 19 heavy (non-hydrogen) atoms. The zero-order valence-electron chi connectivity index (χ0n) is 10.5. The summed E-state index contributed by atoms with van der Waals surface area (Å²) in [7, 11) is 0. The van der Waals surface area contributed by atoms with Crippen LogP contribution < -0.4 is 16.6 Å². The number of aromatic amines is 1. The molecule has 1 amide bonds. The molecule has 0 radical (unpaired) electrons. The van der Waals surface area contributed by atoms with Crippen LogP contribution in [0.1, 0.15) is 13.8 Å². The van der Waals surface area contributed by atoms with E-state index >= 15 is 0 Å². The van der Waals surface area contributed by atoms with Crippen molar-refractivity contribution >= 4 is 11.9 Å². The maximum Gasteiger partial charge on any atom is 0.328 e. The van der Waals surface area contributed by atoms with Crippen LogP contribution in [0.15, 0.2) is 21.9 Å². The number of amides is 1. The number of nitrogens with one attached hydrogen (secondary N) is 2. The predicted molar refractivity (Wildman–Crippen MR) is 65.7 cm³/mol. The van der Waals surface area contributed by atoms with Crippen LogP contribution in [0.5, 0.6) is 0 Å². The second kappa shape index (κ2) is 5.98. The normalized spacial score (nSPS) is 12.2. The Labute approximate surface area is 108 Å². The average molecular weight is 269 g/mol. The van der Waals surface area contributed by atoms with Crippen molar-refractivity contribution in [1.82, 2.24) is 14.9 Å². The Morgan fingerprint density at radius 2 is 2.05 bits per heavy atom. The summed E-state index contributed by atoms with van der Waals surface area (Å²) in [6, 6.07) is 0.0807. The van der Waals surface area contributed by atoms with E-state index in [0.29, 0.717) is 0 Å². The van der Waals surface area contributed by atoms with Crippen molar-refractivity contribution in [3.05, 3.63) is 33.1 Å². The third-order valence-corrected chi connectivity index (χ3v) is 2.46. The van der Waals surface area contributed by atoms with Gasteiger partial charge in [-0.15, -0.1) is 0 Å². The molecule has 3 N–H and O–H groups in total. The maximum absolute atomic E-state index is 11.6. The SMILES string of the molecule is CC(C)[C@@H](NC(=O)Cn1ccc(=O)[nH]c1=O)C(=O)O. The highest BCUT2D eigenvalue weighted by atomic mass is 16.4. The predicted octanol–water partition coefficient (Wildman–Crippen LogP) is -1.24. The summed E-state index contributed by atoms with van der Waals surface area (Å²) in [6.45, 7) is 2.96. The minimum absolute atomic E-state index is 0.284. The van der Waals surface area contributed by atoms with Crippen LogP contribution in [0.2, 0.25) is 0 Å². The van der Waals surface area contributed by atoms with E-state index in [1.807, 2.05) is 4.98 Å². The number of carbonyl (C=O) groups excluding carboxylic acids is 1. The molecular weight excluding hydrogens is 254 g/mol. The Hall–Kier alpha value is -2.38. The largest absolute Gasteiger partial charge is 0.480 e. The molecule has 0 aliphatic rings. The first-order chi connectivity index (χ1) is 8.81. The van der Waals surface area contributed by atoms with Crippen molar-refractivity contribution < 1.29 is 14.7 Å². The summed E-state index contributed by atoms with van der Waals surface area (Å²) in [5, 5.41) is 11.2. The molecule has 0 aliphatic heterocycles. The van der Waals surface area contributed by atoms with E-state index in [0.717, 1.165) is 10.6 Å². The first kappa shape index (κ1) is 14.7. The van der Waals surface area contributed by atoms with Crippen LogP contribution >= 0.6 is 0 Å². The lowest BCUT2D eigenvalue weighted by Gasteiger charge is -2.18. The van der Waals surface area contributed by atoms with Gasteiger partial charge >= 0.3 is 11.7 Å². The Morgan fingerprint density at radius 3 is 2.53 bits per heavy atom. The van der Waals surface area contributed by atoms with Gasteiger partial charge in [0.15, 0.2) is 0 Å². The standard InChI is InChI=1S/C11H15N3O5/c1-6(2)9(10(17)18)12-8(16)5-14-4-3-7(15)13-11(14)19/h3-4,6,9H,5H2,1-2H3,(H,12,16)(H,17,18)(H,13,15,19)/t9-/m1/s1. The van der Waals surface area contributed by atoms with E-state index in [4.69, 9.17) is 5.11 Å². The van der Waals surface area contributed by atoms with Gasteiger partial charge in [-0.2, -0.15) is 0 Å². The van der Waals surface area contributed by atoms with Gasteiger partial charge in [0, 0.05) is 12.3 Å². The lowest BCUT2D eigenvalue weighted by Crippen LogP contribution is -2.46. The second-order valence-electron chi connectivity index (χ2n) is 4.37. The molecule has 0 bridgehead atoms. The van der Waals surface area contributed by atoms with E-state index in [1.165, 1.54) is 6.20 Å². The summed E-state index contributed by atoms with van der Waals surface area (Å²) in [5.41, 5.74) is -1.29. The Bertz CT molecular complexity index is 586. The number of carboxylic acid groups (broad SMARTS) is 1. The van der Waals surface area contributed by atoms with Gasteiger partial charge in [0.1, 0.15) is 12.6 Å². The number of hydrogen-bond acceptors (Lipinski definition) is 4. The topological polar surface area (TPSA) is 121 Å². The summed E-state index contributed by atoms with van der Waals surface area (Å²) in [5.74, 6) is -2.04. The van der Waals surface area contributed by atoms with Gasteiger partial charge in [0.25, 0.3) is 5.56 Å². The molecule has 0 saturated carbocycles. The van der Waals surface area contributed by atoms with E-state index in [1.54, 1.807) is 13.8 Å². The Balaban J connectivity index is 2.77. The molecule has 1 atom stereocenters. The van der Waals surface area contributed by atoms with Crippen LogP contribution in [-0.2, 0) is 16.1 Å². The fraction of sp³-hybridized carbons (Fsp3) is 0.455. The quantitative estimate of drug-likeness (QED) is 0.617. The minimum Gasteiger partial charge on any atom is -0.480 e. The van der Waals surface area contributed by atoms with Crippen LogP contribution in [0.25, 0.3) is 0 Å². The van der Waals surface area contributed by atoms with Crippen molar-refractivity contribution in [3.63, 3.8) is 0 Å². The van der Waals surface area contributed by atoms with Crippen LogP contribution in [-0.4, -0.2) is 32.6 Å². The highest BCUT2D eigenvalue weighted by Gasteiger charge is 2.23. The van der Waals surface area contributed by atoms with Gasteiger partial charge in [-0.1, -0.05) is 13.8 Å². The first-order valence-electron chi connectivity index (χ1n) is 5.63. The zero-order valence-corrected chi connectivity index (χ0v) is 10.5. The van der Waals surface area contributed by atoms with Gasteiger partial charge < -0.3 is 10.4 Å². The highest BCUT2D eigenvalue weighted by molar-refractivity contribution is 5.83. The van der Waals surface area contributed by atoms with Crippen molar-refractivity contribution in [2.45, 2.75) is 26.4 Å². The molecule has 0 saturated heterocycles. The molecule has 0 unspecified atom stereocenters. The minimum atomic E-state index is -1.14. The number of rotatable bonds is 5. The lowest BCUT2D eigenvalue weighted by molar-refractivity contribution is -0.143. The monoisotopic (exact) mass is 269 g/mol. The fourth-order valence-electron chi connectivity index (χ4n) is 1.46. The Morgan fingerprint density at radius 1 is 1.42 bits per heavy atom. The summed E-state index contributed by atoms with van der Waals surface area (Å²) in [6.07, 6.45) is 1.17. The number of nitrogens with zero attached hydrogens (tertiary/aromatic N) is 1. The number of aliphatic carboxylic acids is 1. The molecule has 1 aromatic heterocycles. The lowest BCUT2D eigenvalue weighted by atomic mass is 10.1. The van der Waals surface area contributed by atoms with Crippen LogP contribution in [0.3, 0.4) is 0 Å². The molecule has 0 aliphatic carbocycles. The summed E-state index contributed by atoms with van der Waals surface area (Å²) >= 11 is 0. The molecule has 8 heteroatoms. The second-order valence-corrected chi connectivity index (χ2v) is 4.37. The number of hydrogen-bond donors (Lipinski definition) is 3. The fourth-order valence-corrected chi connectivity index (χ4v) is 1.46. The van der Waals surface area contributed by atoms with Gasteiger partial charge in [0.05, 0.1) is 0 Å². The highest BCUT2D eigenvalue weighted by Crippen LogP contribution is 2.01. The maximum atomic E-state index is 11.6. The zero-order chi connectivity index (χ0) is 14.6. The van der Waals surface area contributed by atoms with Gasteiger partial charge in [-0.25, -0.2) is 9.59 Å². The van der Waals surface area contributed by atoms with E-state index in [9.17, 15) is 19.2 Å². The van der Waals surface area contributed by atoms with Gasteiger partial charge in [-0.05, 0) is 5.92 Å². The van der Waals surface area contributed by atoms with Crippen molar-refractivity contribution in [2.24, 2.45) is 5.92 Å². The number of carbonyl (C=O) groups is 2. The average Bonchev–Trinajstić information content (AvgIpc) is 2.29. The molecule has 104 valence electrons. The van der Waals surface area contributed by atoms with Crippen LogP contribution in [0.4, 0.5) is 0 Å². The molecule has 8 nitrogen and oxygen atoms in total. The molecule has 1 aromatic rings. The number of aromatic nitrogens is 2. The third kappa shape index (κ3) is 4.09. The van der Waals surface area contributed by atoms with Crippen LogP contribution in [0, 0.1) is 5.92 Å². The van der Waals surface area contributed by atoms with Crippen molar-refractivity contribution in [2.75, 3.05) is 0 Å². The first-order valence-corrected chi connectivity index (χ1v) is 5.63. The number of carboxylic acids is 1. The molecule has 0 spiro atoms. The van der Waals surface area contributed by atoms with Crippen molar-refractivity contribution in [1.29, 1.82) is 0 Å². The van der Waals surface area contributed by atoms with Crippen molar-refractivity contribution in [3.8, 4) is 0 Å². The smallest absolute Gasteiger partial charge is 0.328 e. The Kier molecular flexibility index (Phi) is 4.62. The molecule has 0 fully saturated rings. The summed E-state index contributed by atoms with van der Waals surface area (Å²) < 4.78 is 0.982.